The summed E-state index contributed by atoms with van der Waals surface area (Å²) in [6, 6.07) is 25.1. The van der Waals surface area contributed by atoms with Gasteiger partial charge in [0.25, 0.3) is 0 Å². The Morgan fingerprint density at radius 2 is 1.60 bits per heavy atom. The van der Waals surface area contributed by atoms with Gasteiger partial charge in [-0.25, -0.2) is 0 Å². The van der Waals surface area contributed by atoms with Gasteiger partial charge in [0.1, 0.15) is 5.54 Å². The van der Waals surface area contributed by atoms with Gasteiger partial charge in [-0.1, -0.05) is 54.6 Å². The van der Waals surface area contributed by atoms with Crippen molar-refractivity contribution in [2.75, 3.05) is 16.8 Å². The number of carbonyl (C=O) groups is 2. The van der Waals surface area contributed by atoms with Gasteiger partial charge < -0.3 is 21.1 Å². The minimum atomic E-state index is -1.36. The summed E-state index contributed by atoms with van der Waals surface area (Å²) in [7, 11) is 0. The lowest BCUT2D eigenvalue weighted by Crippen LogP contribution is -2.51. The maximum absolute atomic E-state index is 12.0. The van der Waals surface area contributed by atoms with Crippen LogP contribution < -0.4 is 16.0 Å². The van der Waals surface area contributed by atoms with Gasteiger partial charge in [-0.3, -0.25) is 9.59 Å². The molecule has 3 aromatic rings. The maximum atomic E-state index is 12.0. The lowest BCUT2D eigenvalue weighted by molar-refractivity contribution is -0.121. The van der Waals surface area contributed by atoms with Crippen LogP contribution in [0.15, 0.2) is 78.9 Å². The lowest BCUT2D eigenvalue weighted by atomic mass is 10.0. The summed E-state index contributed by atoms with van der Waals surface area (Å²) < 4.78 is 0. The summed E-state index contributed by atoms with van der Waals surface area (Å²) in [4.78, 5) is 25.3. The molecule has 1 atom stereocenters. The molecule has 0 fully saturated rings. The summed E-state index contributed by atoms with van der Waals surface area (Å²) >= 11 is 0. The SMILES string of the molecule is C[C@](N)(CO)C(=O)Nc1ccc(N(C=O)Cc2ccc(-c3ccccc3)cc2)cc1. The Kier molecular flexibility index (Phi) is 6.61. The Morgan fingerprint density at radius 1 is 1.00 bits per heavy atom. The van der Waals surface area contributed by atoms with Crippen LogP contribution >= 0.6 is 0 Å². The van der Waals surface area contributed by atoms with Crippen molar-refractivity contribution >= 4 is 23.7 Å². The summed E-state index contributed by atoms with van der Waals surface area (Å²) in [5.74, 6) is -0.483. The second-order valence-electron chi connectivity index (χ2n) is 7.37. The average molecular weight is 403 g/mol. The normalized spacial score (nSPS) is 12.6. The number of amides is 2. The highest BCUT2D eigenvalue weighted by molar-refractivity contribution is 5.98. The standard InChI is InChI=1S/C24H25N3O3/c1-24(25,16-28)23(30)26-21-11-13-22(14-12-21)27(17-29)15-18-7-9-20(10-8-18)19-5-3-2-4-6-19/h2-14,17,28H,15-16,25H2,1H3,(H,26,30)/t24-/m0/s1. The zero-order chi connectivity index (χ0) is 21.6. The predicted molar refractivity (Wildman–Crippen MR) is 119 cm³/mol. The van der Waals surface area contributed by atoms with E-state index in [0.717, 1.165) is 23.1 Å². The van der Waals surface area contributed by atoms with E-state index in [-0.39, 0.29) is 0 Å². The van der Waals surface area contributed by atoms with Crippen LogP contribution in [0.5, 0.6) is 0 Å². The Hall–Kier alpha value is -3.48. The molecule has 2 amide bonds. The van der Waals surface area contributed by atoms with Crippen molar-refractivity contribution in [3.8, 4) is 11.1 Å². The molecule has 30 heavy (non-hydrogen) atoms. The van der Waals surface area contributed by atoms with Gasteiger partial charge >= 0.3 is 0 Å². The number of nitrogens with zero attached hydrogens (tertiary/aromatic N) is 1. The Morgan fingerprint density at radius 3 is 2.17 bits per heavy atom. The third-order valence-electron chi connectivity index (χ3n) is 4.85. The first-order chi connectivity index (χ1) is 14.4. The molecule has 0 heterocycles. The molecule has 3 rings (SSSR count). The third-order valence-corrected chi connectivity index (χ3v) is 4.85. The molecule has 0 aliphatic heterocycles. The van der Waals surface area contributed by atoms with Gasteiger partial charge in [0.15, 0.2) is 0 Å². The van der Waals surface area contributed by atoms with E-state index in [1.165, 1.54) is 6.92 Å². The van der Waals surface area contributed by atoms with Crippen molar-refractivity contribution in [2.24, 2.45) is 5.73 Å². The number of benzene rings is 3. The Labute approximate surface area is 176 Å². The largest absolute Gasteiger partial charge is 0.394 e. The fraction of sp³-hybridized carbons (Fsp3) is 0.167. The third kappa shape index (κ3) is 5.11. The molecule has 0 aromatic heterocycles. The summed E-state index contributed by atoms with van der Waals surface area (Å²) in [6.45, 7) is 1.42. The molecule has 6 nitrogen and oxygen atoms in total. The first-order valence-corrected chi connectivity index (χ1v) is 9.60. The van der Waals surface area contributed by atoms with Crippen molar-refractivity contribution in [3.05, 3.63) is 84.4 Å². The molecule has 0 aliphatic carbocycles. The second-order valence-corrected chi connectivity index (χ2v) is 7.37. The molecule has 6 heteroatoms. The summed E-state index contributed by atoms with van der Waals surface area (Å²) in [5, 5.41) is 11.8. The number of anilines is 2. The van der Waals surface area contributed by atoms with E-state index >= 15 is 0 Å². The number of aliphatic hydroxyl groups is 1. The van der Waals surface area contributed by atoms with Crippen molar-refractivity contribution < 1.29 is 14.7 Å². The van der Waals surface area contributed by atoms with Gasteiger partial charge in [0.2, 0.25) is 12.3 Å². The van der Waals surface area contributed by atoms with Gasteiger partial charge in [0, 0.05) is 11.4 Å². The van der Waals surface area contributed by atoms with Gasteiger partial charge in [0.05, 0.1) is 13.2 Å². The molecule has 0 aliphatic rings. The molecule has 0 saturated carbocycles. The smallest absolute Gasteiger partial charge is 0.246 e. The summed E-state index contributed by atoms with van der Waals surface area (Å²) in [5.41, 5.74) is 8.86. The van der Waals surface area contributed by atoms with Gasteiger partial charge in [-0.15, -0.1) is 0 Å². The van der Waals surface area contributed by atoms with Gasteiger partial charge in [-0.2, -0.15) is 0 Å². The van der Waals surface area contributed by atoms with E-state index in [4.69, 9.17) is 5.73 Å². The molecule has 3 aromatic carbocycles. The van der Waals surface area contributed by atoms with Crippen molar-refractivity contribution in [1.29, 1.82) is 0 Å². The van der Waals surface area contributed by atoms with E-state index in [1.54, 1.807) is 29.2 Å². The Bertz CT molecular complexity index is 984. The average Bonchev–Trinajstić information content (AvgIpc) is 2.79. The van der Waals surface area contributed by atoms with E-state index < -0.39 is 18.1 Å². The molecular weight excluding hydrogens is 378 g/mol. The Balaban J connectivity index is 1.67. The number of carbonyl (C=O) groups excluding carboxylic acids is 2. The van der Waals surface area contributed by atoms with Crippen molar-refractivity contribution in [3.63, 3.8) is 0 Å². The predicted octanol–water partition coefficient (Wildman–Crippen LogP) is 3.16. The highest BCUT2D eigenvalue weighted by Crippen LogP contribution is 2.22. The van der Waals surface area contributed by atoms with E-state index in [9.17, 15) is 14.7 Å². The molecule has 0 spiro atoms. The fourth-order valence-corrected chi connectivity index (χ4v) is 2.90. The van der Waals surface area contributed by atoms with E-state index in [2.05, 4.69) is 17.4 Å². The monoisotopic (exact) mass is 403 g/mol. The van der Waals surface area contributed by atoms with Crippen LogP contribution in [-0.4, -0.2) is 29.6 Å². The number of nitrogens with one attached hydrogen (secondary N) is 1. The second kappa shape index (κ2) is 9.35. The van der Waals surface area contributed by atoms with Crippen molar-refractivity contribution in [1.82, 2.24) is 0 Å². The van der Waals surface area contributed by atoms with Crippen LogP contribution in [0.2, 0.25) is 0 Å². The van der Waals surface area contributed by atoms with Crippen LogP contribution in [0.3, 0.4) is 0 Å². The number of nitrogens with two attached hydrogens (primary N) is 1. The minimum absolute atomic E-state index is 0.426. The number of hydrogen-bond acceptors (Lipinski definition) is 4. The zero-order valence-corrected chi connectivity index (χ0v) is 16.8. The minimum Gasteiger partial charge on any atom is -0.394 e. The highest BCUT2D eigenvalue weighted by atomic mass is 16.3. The zero-order valence-electron chi connectivity index (χ0n) is 16.8. The quantitative estimate of drug-likeness (QED) is 0.504. The molecule has 154 valence electrons. The van der Waals surface area contributed by atoms with E-state index in [0.29, 0.717) is 17.9 Å². The molecule has 0 bridgehead atoms. The van der Waals surface area contributed by atoms with Crippen LogP contribution in [0.25, 0.3) is 11.1 Å². The number of rotatable bonds is 8. The van der Waals surface area contributed by atoms with Crippen molar-refractivity contribution in [2.45, 2.75) is 19.0 Å². The molecule has 4 N–H and O–H groups in total. The van der Waals surface area contributed by atoms with Crippen LogP contribution in [0.1, 0.15) is 12.5 Å². The topological polar surface area (TPSA) is 95.7 Å². The van der Waals surface area contributed by atoms with Crippen LogP contribution in [0.4, 0.5) is 11.4 Å². The number of aliphatic hydroxyl groups excluding tert-OH is 1. The lowest BCUT2D eigenvalue weighted by Gasteiger charge is -2.21. The number of hydrogen-bond donors (Lipinski definition) is 3. The fourth-order valence-electron chi connectivity index (χ4n) is 2.90. The molecule has 0 saturated heterocycles. The highest BCUT2D eigenvalue weighted by Gasteiger charge is 2.27. The molecule has 0 radical (unpaired) electrons. The first kappa shape index (κ1) is 21.2. The summed E-state index contributed by atoms with van der Waals surface area (Å²) in [6.07, 6.45) is 0.779. The first-order valence-electron chi connectivity index (χ1n) is 9.60. The van der Waals surface area contributed by atoms with Crippen LogP contribution in [-0.2, 0) is 16.1 Å². The maximum Gasteiger partial charge on any atom is 0.246 e. The molecular formula is C24H25N3O3. The molecule has 0 unspecified atom stereocenters. The van der Waals surface area contributed by atoms with Gasteiger partial charge in [-0.05, 0) is 47.9 Å². The van der Waals surface area contributed by atoms with Crippen LogP contribution in [0, 0.1) is 0 Å². The van der Waals surface area contributed by atoms with E-state index in [1.807, 2.05) is 42.5 Å².